The summed E-state index contributed by atoms with van der Waals surface area (Å²) in [6, 6.07) is 14.2. The van der Waals surface area contributed by atoms with Crippen molar-refractivity contribution >= 4 is 11.8 Å². The fourth-order valence-corrected chi connectivity index (χ4v) is 4.32. The van der Waals surface area contributed by atoms with Gasteiger partial charge in [-0.25, -0.2) is 4.39 Å². The molecule has 6 heteroatoms. The predicted molar refractivity (Wildman–Crippen MR) is 117 cm³/mol. The van der Waals surface area contributed by atoms with Crippen LogP contribution in [0.3, 0.4) is 0 Å². The fraction of sp³-hybridized carbons (Fsp3) is 0.440. The topological polar surface area (TPSA) is 58.6 Å². The Morgan fingerprint density at radius 3 is 2.32 bits per heavy atom. The zero-order valence-electron chi connectivity index (χ0n) is 17.9. The maximum atomic E-state index is 13.2. The van der Waals surface area contributed by atoms with Crippen LogP contribution in [-0.2, 0) is 20.7 Å². The summed E-state index contributed by atoms with van der Waals surface area (Å²) in [5.41, 5.74) is 1.76. The number of morpholine rings is 1. The van der Waals surface area contributed by atoms with Crippen molar-refractivity contribution in [3.63, 3.8) is 0 Å². The Labute approximate surface area is 182 Å². The second-order valence-electron chi connectivity index (χ2n) is 8.47. The number of carbonyl (C=O) groups excluding carboxylic acids is 2. The summed E-state index contributed by atoms with van der Waals surface area (Å²) >= 11 is 0. The van der Waals surface area contributed by atoms with Crippen molar-refractivity contribution in [3.8, 4) is 11.1 Å². The molecule has 4 rings (SSSR count). The van der Waals surface area contributed by atoms with E-state index < -0.39 is 5.60 Å². The van der Waals surface area contributed by atoms with E-state index in [9.17, 15) is 14.0 Å². The molecule has 0 spiro atoms. The summed E-state index contributed by atoms with van der Waals surface area (Å²) in [7, 11) is 0. The van der Waals surface area contributed by atoms with Gasteiger partial charge in [-0.1, -0.05) is 42.8 Å². The minimum Gasteiger partial charge on any atom is -0.361 e. The van der Waals surface area contributed by atoms with Gasteiger partial charge in [-0.05, 0) is 48.6 Å². The summed E-state index contributed by atoms with van der Waals surface area (Å²) < 4.78 is 19.3. The van der Waals surface area contributed by atoms with Crippen LogP contribution in [-0.4, -0.2) is 48.6 Å². The maximum absolute atomic E-state index is 13.2. The number of nitrogens with one attached hydrogen (secondary N) is 1. The number of benzene rings is 2. The van der Waals surface area contributed by atoms with Crippen molar-refractivity contribution in [2.75, 3.05) is 26.2 Å². The number of ether oxygens (including phenoxy) is 1. The SMILES string of the molecule is CCNC(=O)[C@]1(Cc2ccc(-c3ccc(F)cc3)cc2)CN(C(=O)C2CCC2)CCO1. The molecule has 2 aliphatic rings. The lowest BCUT2D eigenvalue weighted by atomic mass is 9.83. The molecule has 2 aromatic rings. The van der Waals surface area contributed by atoms with Crippen LogP contribution >= 0.6 is 0 Å². The normalized spacial score (nSPS) is 21.4. The van der Waals surface area contributed by atoms with Crippen molar-refractivity contribution in [1.82, 2.24) is 10.2 Å². The Kier molecular flexibility index (Phi) is 6.37. The number of rotatable bonds is 6. The van der Waals surface area contributed by atoms with Gasteiger partial charge < -0.3 is 15.0 Å². The third kappa shape index (κ3) is 4.64. The van der Waals surface area contributed by atoms with E-state index in [4.69, 9.17) is 4.74 Å². The predicted octanol–water partition coefficient (Wildman–Crippen LogP) is 3.57. The van der Waals surface area contributed by atoms with E-state index in [0.29, 0.717) is 26.1 Å². The highest BCUT2D eigenvalue weighted by molar-refractivity contribution is 5.88. The Morgan fingerprint density at radius 2 is 1.74 bits per heavy atom. The molecule has 2 aromatic carbocycles. The Morgan fingerprint density at radius 1 is 1.10 bits per heavy atom. The van der Waals surface area contributed by atoms with Crippen LogP contribution in [0.1, 0.15) is 31.7 Å². The van der Waals surface area contributed by atoms with Gasteiger partial charge in [-0.2, -0.15) is 0 Å². The summed E-state index contributed by atoms with van der Waals surface area (Å²) in [4.78, 5) is 27.7. The quantitative estimate of drug-likeness (QED) is 0.771. The maximum Gasteiger partial charge on any atom is 0.254 e. The first-order valence-electron chi connectivity index (χ1n) is 11.1. The molecular weight excluding hydrogens is 395 g/mol. The molecule has 1 aliphatic carbocycles. The molecule has 1 heterocycles. The van der Waals surface area contributed by atoms with E-state index in [1.165, 1.54) is 12.1 Å². The zero-order valence-corrected chi connectivity index (χ0v) is 17.9. The summed E-state index contributed by atoms with van der Waals surface area (Å²) in [5, 5.41) is 2.90. The van der Waals surface area contributed by atoms with Crippen LogP contribution in [0.4, 0.5) is 4.39 Å². The molecule has 0 unspecified atom stereocenters. The Bertz CT molecular complexity index is 925. The average molecular weight is 425 g/mol. The van der Waals surface area contributed by atoms with Gasteiger partial charge in [0, 0.05) is 25.4 Å². The third-order valence-electron chi connectivity index (χ3n) is 6.32. The molecule has 0 aromatic heterocycles. The van der Waals surface area contributed by atoms with E-state index in [2.05, 4.69) is 5.32 Å². The highest BCUT2D eigenvalue weighted by atomic mass is 19.1. The number of likely N-dealkylation sites (N-methyl/N-ethyl adjacent to an activating group) is 1. The number of amides is 2. The lowest BCUT2D eigenvalue weighted by Gasteiger charge is -2.43. The van der Waals surface area contributed by atoms with Crippen LogP contribution < -0.4 is 5.32 Å². The lowest BCUT2D eigenvalue weighted by molar-refractivity contribution is -0.168. The van der Waals surface area contributed by atoms with Gasteiger partial charge in [-0.3, -0.25) is 9.59 Å². The second kappa shape index (κ2) is 9.18. The molecule has 1 N–H and O–H groups in total. The molecule has 1 aliphatic heterocycles. The molecule has 1 saturated carbocycles. The van der Waals surface area contributed by atoms with Gasteiger partial charge in [0.15, 0.2) is 5.60 Å². The highest BCUT2D eigenvalue weighted by Gasteiger charge is 2.46. The van der Waals surface area contributed by atoms with E-state index in [1.807, 2.05) is 36.1 Å². The number of hydrogen-bond acceptors (Lipinski definition) is 3. The molecule has 2 fully saturated rings. The molecule has 164 valence electrons. The van der Waals surface area contributed by atoms with Gasteiger partial charge in [-0.15, -0.1) is 0 Å². The Balaban J connectivity index is 1.54. The first-order chi connectivity index (χ1) is 15.0. The van der Waals surface area contributed by atoms with Crippen molar-refractivity contribution in [1.29, 1.82) is 0 Å². The number of hydrogen-bond donors (Lipinski definition) is 1. The lowest BCUT2D eigenvalue weighted by Crippen LogP contribution is -2.62. The molecule has 31 heavy (non-hydrogen) atoms. The van der Waals surface area contributed by atoms with Gasteiger partial charge >= 0.3 is 0 Å². The number of halogens is 1. The molecular formula is C25H29FN2O3. The number of nitrogens with zero attached hydrogens (tertiary/aromatic N) is 1. The average Bonchev–Trinajstić information content (AvgIpc) is 2.74. The van der Waals surface area contributed by atoms with Crippen molar-refractivity contribution in [2.45, 2.75) is 38.2 Å². The van der Waals surface area contributed by atoms with E-state index in [0.717, 1.165) is 36.0 Å². The molecule has 1 atom stereocenters. The standard InChI is InChI=1S/C25H29FN2O3/c1-2-27-24(30)25(17-28(14-15-31-25)23(29)21-4-3-5-21)16-18-6-8-19(9-7-18)20-10-12-22(26)13-11-20/h6-13,21H,2-5,14-17H2,1H3,(H,27,30)/t25-/m0/s1. The van der Waals surface area contributed by atoms with Gasteiger partial charge in [0.05, 0.1) is 13.2 Å². The van der Waals surface area contributed by atoms with E-state index in [1.54, 1.807) is 12.1 Å². The highest BCUT2D eigenvalue weighted by Crippen LogP contribution is 2.31. The second-order valence-corrected chi connectivity index (χ2v) is 8.47. The van der Waals surface area contributed by atoms with Crippen molar-refractivity contribution in [3.05, 3.63) is 59.9 Å². The third-order valence-corrected chi connectivity index (χ3v) is 6.32. The molecule has 1 saturated heterocycles. The molecule has 0 bridgehead atoms. The number of carbonyl (C=O) groups is 2. The minimum atomic E-state index is -1.09. The van der Waals surface area contributed by atoms with Gasteiger partial charge in [0.25, 0.3) is 5.91 Å². The van der Waals surface area contributed by atoms with Crippen LogP contribution in [0.25, 0.3) is 11.1 Å². The molecule has 2 amide bonds. The van der Waals surface area contributed by atoms with Crippen LogP contribution in [0, 0.1) is 11.7 Å². The van der Waals surface area contributed by atoms with Gasteiger partial charge in [0.2, 0.25) is 5.91 Å². The summed E-state index contributed by atoms with van der Waals surface area (Å²) in [6.07, 6.45) is 3.37. The first kappa shape index (κ1) is 21.5. The van der Waals surface area contributed by atoms with Crippen molar-refractivity contribution < 1.29 is 18.7 Å². The monoisotopic (exact) mass is 424 g/mol. The molecule has 5 nitrogen and oxygen atoms in total. The zero-order chi connectivity index (χ0) is 21.8. The minimum absolute atomic E-state index is 0.0972. The fourth-order valence-electron chi connectivity index (χ4n) is 4.32. The van der Waals surface area contributed by atoms with Crippen LogP contribution in [0.5, 0.6) is 0 Å². The van der Waals surface area contributed by atoms with Gasteiger partial charge in [0.1, 0.15) is 5.82 Å². The first-order valence-corrected chi connectivity index (χ1v) is 11.1. The summed E-state index contributed by atoms with van der Waals surface area (Å²) in [5.74, 6) is -0.196. The largest absolute Gasteiger partial charge is 0.361 e. The van der Waals surface area contributed by atoms with Crippen LogP contribution in [0.2, 0.25) is 0 Å². The Hall–Kier alpha value is -2.73. The summed E-state index contributed by atoms with van der Waals surface area (Å²) in [6.45, 7) is 3.53. The van der Waals surface area contributed by atoms with E-state index in [-0.39, 0.29) is 30.1 Å². The van der Waals surface area contributed by atoms with E-state index >= 15 is 0 Å². The molecule has 0 radical (unpaired) electrons. The smallest absolute Gasteiger partial charge is 0.254 e. The van der Waals surface area contributed by atoms with Crippen molar-refractivity contribution in [2.24, 2.45) is 5.92 Å². The van der Waals surface area contributed by atoms with Crippen LogP contribution in [0.15, 0.2) is 48.5 Å².